The Hall–Kier alpha value is -0.100. The van der Waals surface area contributed by atoms with Gasteiger partial charge in [0.25, 0.3) is 0 Å². The average molecular weight is 332 g/mol. The first kappa shape index (κ1) is 17.0. The Balaban J connectivity index is 2.54. The summed E-state index contributed by atoms with van der Waals surface area (Å²) in [5.74, 6) is -0.0226. The molecule has 0 aliphatic rings. The fraction of sp³-hybridized carbons (Fsp3) is 0.500. The molecule has 0 saturated carbocycles. The Morgan fingerprint density at radius 3 is 2.53 bits per heavy atom. The lowest BCUT2D eigenvalue weighted by atomic mass is 10.0. The molecule has 0 saturated heterocycles. The van der Waals surface area contributed by atoms with Crippen LogP contribution in [0.3, 0.4) is 0 Å². The van der Waals surface area contributed by atoms with Gasteiger partial charge in [0.15, 0.2) is 0 Å². The number of benzene rings is 1. The van der Waals surface area contributed by atoms with Crippen molar-refractivity contribution in [3.8, 4) is 0 Å². The van der Waals surface area contributed by atoms with Crippen molar-refractivity contribution in [1.29, 1.82) is 0 Å². The summed E-state index contributed by atoms with van der Waals surface area (Å²) in [5.41, 5.74) is -3.33. The molecule has 0 heterocycles. The minimum absolute atomic E-state index is 0.0226. The van der Waals surface area contributed by atoms with Crippen LogP contribution in [0, 0.1) is 0 Å². The van der Waals surface area contributed by atoms with E-state index >= 15 is 0 Å². The van der Waals surface area contributed by atoms with E-state index in [1.807, 2.05) is 6.92 Å². The van der Waals surface area contributed by atoms with Gasteiger partial charge in [-0.2, -0.15) is 13.2 Å². The highest BCUT2D eigenvalue weighted by Crippen LogP contribution is 2.30. The Bertz CT molecular complexity index is 412. The van der Waals surface area contributed by atoms with Crippen LogP contribution in [-0.4, -0.2) is 17.8 Å². The zero-order valence-electron chi connectivity index (χ0n) is 10.2. The monoisotopic (exact) mass is 331 g/mol. The molecule has 1 rings (SSSR count). The van der Waals surface area contributed by atoms with Crippen LogP contribution < -0.4 is 5.32 Å². The lowest BCUT2D eigenvalue weighted by molar-refractivity contribution is -0.0327. The molecule has 7 heteroatoms. The van der Waals surface area contributed by atoms with Gasteiger partial charge >= 0.3 is 5.51 Å². The Labute approximate surface area is 124 Å². The van der Waals surface area contributed by atoms with Gasteiger partial charge in [-0.05, 0) is 35.9 Å². The molecule has 0 amide bonds. The Morgan fingerprint density at radius 2 is 2.00 bits per heavy atom. The Morgan fingerprint density at radius 1 is 1.32 bits per heavy atom. The number of thioether (sulfide) groups is 1. The number of nitrogens with one attached hydrogen (secondary N) is 1. The molecule has 108 valence electrons. The lowest BCUT2D eigenvalue weighted by Crippen LogP contribution is -2.24. The Kier molecular flexibility index (Phi) is 6.80. The van der Waals surface area contributed by atoms with Gasteiger partial charge in [0.1, 0.15) is 0 Å². The number of halogens is 5. The zero-order valence-corrected chi connectivity index (χ0v) is 12.6. The number of hydrogen-bond acceptors (Lipinski definition) is 2. The predicted molar refractivity (Wildman–Crippen MR) is 76.0 cm³/mol. The van der Waals surface area contributed by atoms with Gasteiger partial charge in [0.05, 0.1) is 0 Å². The summed E-state index contributed by atoms with van der Waals surface area (Å²) in [6.07, 6.45) is 0.734. The highest BCUT2D eigenvalue weighted by molar-refractivity contribution is 8.00. The minimum Gasteiger partial charge on any atom is -0.309 e. The topological polar surface area (TPSA) is 12.0 Å². The predicted octanol–water partition coefficient (Wildman–Crippen LogP) is 5.29. The van der Waals surface area contributed by atoms with Crippen LogP contribution in [0.4, 0.5) is 13.2 Å². The summed E-state index contributed by atoms with van der Waals surface area (Å²) in [6, 6.07) is 5.08. The van der Waals surface area contributed by atoms with Crippen molar-refractivity contribution >= 4 is 35.0 Å². The van der Waals surface area contributed by atoms with Crippen LogP contribution in [-0.2, 0) is 0 Å². The molecule has 0 aromatic heterocycles. The second-order valence-corrected chi connectivity index (χ2v) is 5.88. The van der Waals surface area contributed by atoms with Crippen molar-refractivity contribution in [1.82, 2.24) is 5.32 Å². The van der Waals surface area contributed by atoms with Crippen LogP contribution in [0.15, 0.2) is 18.2 Å². The van der Waals surface area contributed by atoms with E-state index < -0.39 is 5.51 Å². The molecule has 1 unspecified atom stereocenters. The van der Waals surface area contributed by atoms with Crippen molar-refractivity contribution in [2.24, 2.45) is 0 Å². The third kappa shape index (κ3) is 6.25. The van der Waals surface area contributed by atoms with Crippen molar-refractivity contribution in [3.05, 3.63) is 33.8 Å². The summed E-state index contributed by atoms with van der Waals surface area (Å²) < 4.78 is 36.0. The maximum absolute atomic E-state index is 12.0. The van der Waals surface area contributed by atoms with Crippen molar-refractivity contribution in [2.75, 3.05) is 12.3 Å². The van der Waals surface area contributed by atoms with Crippen molar-refractivity contribution in [3.63, 3.8) is 0 Å². The van der Waals surface area contributed by atoms with E-state index in [1.54, 1.807) is 18.2 Å². The molecule has 0 aliphatic heterocycles. The summed E-state index contributed by atoms with van der Waals surface area (Å²) in [5, 5.41) is 4.13. The third-order valence-corrected chi connectivity index (χ3v) is 3.80. The van der Waals surface area contributed by atoms with E-state index in [1.165, 1.54) is 0 Å². The lowest BCUT2D eigenvalue weighted by Gasteiger charge is -2.19. The van der Waals surface area contributed by atoms with Crippen LogP contribution in [0.25, 0.3) is 0 Å². The molecule has 19 heavy (non-hydrogen) atoms. The second kappa shape index (κ2) is 7.62. The molecule has 0 spiro atoms. The summed E-state index contributed by atoms with van der Waals surface area (Å²) in [4.78, 5) is 0. The molecule has 1 atom stereocenters. The van der Waals surface area contributed by atoms with Crippen molar-refractivity contribution in [2.45, 2.75) is 24.9 Å². The molecular formula is C12H14Cl2F3NS. The smallest absolute Gasteiger partial charge is 0.309 e. The third-order valence-electron chi connectivity index (χ3n) is 2.50. The van der Waals surface area contributed by atoms with Gasteiger partial charge in [0, 0.05) is 28.4 Å². The first-order valence-corrected chi connectivity index (χ1v) is 7.46. The van der Waals surface area contributed by atoms with Gasteiger partial charge in [-0.15, -0.1) is 0 Å². The molecule has 0 aliphatic carbocycles. The average Bonchev–Trinajstić information content (AvgIpc) is 2.29. The first-order valence-electron chi connectivity index (χ1n) is 5.72. The molecule has 0 bridgehead atoms. The van der Waals surface area contributed by atoms with E-state index in [-0.39, 0.29) is 30.1 Å². The molecule has 1 aromatic carbocycles. The summed E-state index contributed by atoms with van der Waals surface area (Å²) >= 11 is 11.9. The zero-order chi connectivity index (χ0) is 14.5. The second-order valence-electron chi connectivity index (χ2n) is 3.87. The maximum atomic E-state index is 12.0. The fourth-order valence-electron chi connectivity index (χ4n) is 1.66. The highest BCUT2D eigenvalue weighted by Gasteiger charge is 2.27. The molecule has 0 fully saturated rings. The summed E-state index contributed by atoms with van der Waals surface area (Å²) in [7, 11) is 0. The molecule has 1 N–H and O–H groups in total. The van der Waals surface area contributed by atoms with Gasteiger partial charge in [-0.1, -0.05) is 36.2 Å². The van der Waals surface area contributed by atoms with Crippen LogP contribution in [0.5, 0.6) is 0 Å². The molecular weight excluding hydrogens is 318 g/mol. The highest BCUT2D eigenvalue weighted by atomic mass is 35.5. The summed E-state index contributed by atoms with van der Waals surface area (Å²) in [6.45, 7) is 2.21. The minimum atomic E-state index is -4.18. The van der Waals surface area contributed by atoms with Crippen molar-refractivity contribution < 1.29 is 13.2 Å². The quantitative estimate of drug-likeness (QED) is 0.711. The largest absolute Gasteiger partial charge is 0.441 e. The van der Waals surface area contributed by atoms with E-state index in [0.29, 0.717) is 10.0 Å². The molecule has 1 nitrogen and oxygen atoms in total. The van der Waals surface area contributed by atoms with Gasteiger partial charge < -0.3 is 5.32 Å². The fourth-order valence-corrected chi connectivity index (χ4v) is 2.65. The standard InChI is InChI=1S/C12H14Cl2F3NS/c1-2-11(18-5-6-19-12(15,16)17)9-4-3-8(13)7-10(9)14/h3-4,7,11,18H,2,5-6H2,1H3. The SMILES string of the molecule is CCC(NCCSC(F)(F)F)c1ccc(Cl)cc1Cl. The number of alkyl halides is 3. The van der Waals surface area contributed by atoms with Gasteiger partial charge in [-0.25, -0.2) is 0 Å². The maximum Gasteiger partial charge on any atom is 0.441 e. The molecule has 0 radical (unpaired) electrons. The molecule has 1 aromatic rings. The normalized spacial score (nSPS) is 13.6. The first-order chi connectivity index (χ1) is 8.83. The van der Waals surface area contributed by atoms with E-state index in [0.717, 1.165) is 12.0 Å². The van der Waals surface area contributed by atoms with Crippen LogP contribution in [0.2, 0.25) is 10.0 Å². The van der Waals surface area contributed by atoms with E-state index in [9.17, 15) is 13.2 Å². The van der Waals surface area contributed by atoms with Crippen LogP contribution in [0.1, 0.15) is 24.9 Å². The number of hydrogen-bond donors (Lipinski definition) is 1. The van der Waals surface area contributed by atoms with Crippen LogP contribution >= 0.6 is 35.0 Å². The van der Waals surface area contributed by atoms with Gasteiger partial charge in [0.2, 0.25) is 0 Å². The van der Waals surface area contributed by atoms with E-state index in [2.05, 4.69) is 5.32 Å². The van der Waals surface area contributed by atoms with Gasteiger partial charge in [-0.3, -0.25) is 0 Å². The number of rotatable bonds is 6. The van der Waals surface area contributed by atoms with E-state index in [4.69, 9.17) is 23.2 Å².